The minimum absolute atomic E-state index is 0.130. The first kappa shape index (κ1) is 19.0. The average molecular weight is 412 g/mol. The zero-order valence-corrected chi connectivity index (χ0v) is 15.4. The second kappa shape index (κ2) is 7.10. The summed E-state index contributed by atoms with van der Waals surface area (Å²) in [6.45, 7) is -0.238. The Hall–Kier alpha value is -0.760. The molecule has 1 fully saturated rings. The summed E-state index contributed by atoms with van der Waals surface area (Å²) in [6.07, 6.45) is -0.391. The first-order valence-electron chi connectivity index (χ1n) is 7.76. The Labute approximate surface area is 159 Å². The molecule has 1 aliphatic carbocycles. The fourth-order valence-electron chi connectivity index (χ4n) is 2.99. The van der Waals surface area contributed by atoms with E-state index >= 15 is 0 Å². The van der Waals surface area contributed by atoms with Crippen LogP contribution in [-0.2, 0) is 16.1 Å². The molecule has 0 unspecified atom stereocenters. The highest BCUT2D eigenvalue weighted by molar-refractivity contribution is 6.67. The Morgan fingerprint density at radius 3 is 2.84 bits per heavy atom. The number of rotatable bonds is 2. The lowest BCUT2D eigenvalue weighted by Crippen LogP contribution is -2.58. The zero-order chi connectivity index (χ0) is 18.2. The lowest BCUT2D eigenvalue weighted by Gasteiger charge is -2.45. The second-order valence-corrected chi connectivity index (χ2v) is 8.64. The third-order valence-corrected chi connectivity index (χ3v) is 4.59. The van der Waals surface area contributed by atoms with Gasteiger partial charge in [0.15, 0.2) is 0 Å². The molecule has 25 heavy (non-hydrogen) atoms. The maximum absolute atomic E-state index is 12.0. The SMILES string of the molecule is O=C(OCC(Cl)(Cl)Cl)c1ccc2c(c1)CO[C@@]1(CCC[C@@H](O)[C@H]1O)O2. The second-order valence-electron chi connectivity index (χ2n) is 6.12. The predicted octanol–water partition coefficient (Wildman–Crippen LogP) is 2.72. The maximum Gasteiger partial charge on any atom is 0.338 e. The van der Waals surface area contributed by atoms with Gasteiger partial charge in [0, 0.05) is 12.0 Å². The molecule has 1 heterocycles. The largest absolute Gasteiger partial charge is 0.459 e. The average Bonchev–Trinajstić information content (AvgIpc) is 2.56. The number of alkyl halides is 3. The van der Waals surface area contributed by atoms with Crippen LogP contribution in [0.1, 0.15) is 35.2 Å². The van der Waals surface area contributed by atoms with E-state index in [-0.39, 0.29) is 18.8 Å². The fraction of sp³-hybridized carbons (Fsp3) is 0.562. The normalized spacial score (nSPS) is 29.0. The zero-order valence-electron chi connectivity index (χ0n) is 13.1. The summed E-state index contributed by atoms with van der Waals surface area (Å²) in [5.41, 5.74) is 0.890. The van der Waals surface area contributed by atoms with Crippen molar-refractivity contribution in [2.24, 2.45) is 0 Å². The van der Waals surface area contributed by atoms with E-state index in [1.165, 1.54) is 6.07 Å². The molecule has 0 radical (unpaired) electrons. The van der Waals surface area contributed by atoms with E-state index in [0.717, 1.165) is 0 Å². The van der Waals surface area contributed by atoms with Gasteiger partial charge >= 0.3 is 5.97 Å². The summed E-state index contributed by atoms with van der Waals surface area (Å²) in [5, 5.41) is 20.1. The van der Waals surface area contributed by atoms with Crippen LogP contribution < -0.4 is 4.74 Å². The molecule has 1 saturated carbocycles. The molecule has 1 spiro atoms. The lowest BCUT2D eigenvalue weighted by molar-refractivity contribution is -0.289. The minimum atomic E-state index is -1.68. The van der Waals surface area contributed by atoms with Crippen LogP contribution in [0.5, 0.6) is 5.75 Å². The number of esters is 1. The molecular formula is C16H17Cl3O6. The summed E-state index contributed by atoms with van der Waals surface area (Å²) in [7, 11) is 0. The number of carbonyl (C=O) groups excluding carboxylic acids is 1. The van der Waals surface area contributed by atoms with Crippen LogP contribution in [0, 0.1) is 0 Å². The third-order valence-electron chi connectivity index (χ3n) is 4.26. The number of ether oxygens (including phenoxy) is 3. The first-order valence-corrected chi connectivity index (χ1v) is 8.89. The monoisotopic (exact) mass is 410 g/mol. The van der Waals surface area contributed by atoms with Crippen molar-refractivity contribution in [1.82, 2.24) is 0 Å². The van der Waals surface area contributed by atoms with Crippen LogP contribution in [0.4, 0.5) is 0 Å². The van der Waals surface area contributed by atoms with E-state index in [0.29, 0.717) is 30.6 Å². The van der Waals surface area contributed by atoms with Gasteiger partial charge in [-0.05, 0) is 31.0 Å². The van der Waals surface area contributed by atoms with Crippen molar-refractivity contribution in [3.63, 3.8) is 0 Å². The van der Waals surface area contributed by atoms with Crippen molar-refractivity contribution >= 4 is 40.8 Å². The van der Waals surface area contributed by atoms with Gasteiger partial charge in [-0.25, -0.2) is 4.79 Å². The predicted molar refractivity (Wildman–Crippen MR) is 91.0 cm³/mol. The molecule has 2 aliphatic rings. The van der Waals surface area contributed by atoms with Crippen molar-refractivity contribution < 1.29 is 29.2 Å². The number of hydrogen-bond donors (Lipinski definition) is 2. The van der Waals surface area contributed by atoms with Crippen molar-refractivity contribution in [1.29, 1.82) is 0 Å². The van der Waals surface area contributed by atoms with E-state index in [2.05, 4.69) is 0 Å². The maximum atomic E-state index is 12.0. The minimum Gasteiger partial charge on any atom is -0.459 e. The lowest BCUT2D eigenvalue weighted by atomic mass is 9.88. The van der Waals surface area contributed by atoms with Gasteiger partial charge in [-0.3, -0.25) is 0 Å². The molecule has 3 atom stereocenters. The summed E-state index contributed by atoms with van der Waals surface area (Å²) in [6, 6.07) is 4.68. The van der Waals surface area contributed by atoms with Gasteiger partial charge in [-0.1, -0.05) is 34.8 Å². The van der Waals surface area contributed by atoms with Crippen molar-refractivity contribution in [3.8, 4) is 5.75 Å². The number of hydrogen-bond acceptors (Lipinski definition) is 6. The van der Waals surface area contributed by atoms with Crippen LogP contribution in [0.3, 0.4) is 0 Å². The van der Waals surface area contributed by atoms with E-state index < -0.39 is 27.8 Å². The van der Waals surface area contributed by atoms with Crippen LogP contribution in [0.2, 0.25) is 0 Å². The molecular weight excluding hydrogens is 395 g/mol. The van der Waals surface area contributed by atoms with Crippen LogP contribution in [0.15, 0.2) is 18.2 Å². The summed E-state index contributed by atoms with van der Waals surface area (Å²) in [5.74, 6) is -1.41. The molecule has 9 heteroatoms. The highest BCUT2D eigenvalue weighted by Gasteiger charge is 2.50. The molecule has 0 amide bonds. The van der Waals surface area contributed by atoms with E-state index in [1.54, 1.807) is 12.1 Å². The third kappa shape index (κ3) is 4.15. The Kier molecular flexibility index (Phi) is 5.40. The van der Waals surface area contributed by atoms with Crippen LogP contribution in [0.25, 0.3) is 0 Å². The molecule has 1 aliphatic heterocycles. The number of carbonyl (C=O) groups is 1. The van der Waals surface area contributed by atoms with Gasteiger partial charge in [0.2, 0.25) is 9.58 Å². The van der Waals surface area contributed by atoms with Crippen molar-refractivity contribution in [2.45, 2.75) is 47.7 Å². The molecule has 2 N–H and O–H groups in total. The number of fused-ring (bicyclic) bond motifs is 1. The fourth-order valence-corrected chi connectivity index (χ4v) is 3.15. The number of halogens is 3. The summed E-state index contributed by atoms with van der Waals surface area (Å²) in [4.78, 5) is 12.0. The van der Waals surface area contributed by atoms with Gasteiger partial charge < -0.3 is 24.4 Å². The van der Waals surface area contributed by atoms with E-state index in [4.69, 9.17) is 49.0 Å². The summed E-state index contributed by atoms with van der Waals surface area (Å²) < 4.78 is 14.8. The molecule has 0 aromatic heterocycles. The Morgan fingerprint density at radius 2 is 2.12 bits per heavy atom. The van der Waals surface area contributed by atoms with Gasteiger partial charge in [0.25, 0.3) is 0 Å². The molecule has 3 rings (SSSR count). The van der Waals surface area contributed by atoms with Gasteiger partial charge in [0.1, 0.15) is 18.5 Å². The number of aliphatic hydroxyl groups is 2. The van der Waals surface area contributed by atoms with E-state index in [9.17, 15) is 15.0 Å². The highest BCUT2D eigenvalue weighted by Crippen LogP contribution is 2.40. The highest BCUT2D eigenvalue weighted by atomic mass is 35.6. The van der Waals surface area contributed by atoms with Crippen molar-refractivity contribution in [2.75, 3.05) is 6.61 Å². The Bertz CT molecular complexity index is 662. The van der Waals surface area contributed by atoms with Crippen molar-refractivity contribution in [3.05, 3.63) is 29.3 Å². The standard InChI is InChI=1S/C16H17Cl3O6/c17-16(18,19)8-23-14(22)9-3-4-12-10(6-9)7-24-15(25-12)5-1-2-11(20)13(15)21/h3-4,6,11,13,20-21H,1-2,5,7-8H2/t11-,13-,15+/m1/s1. The summed E-state index contributed by atoms with van der Waals surface area (Å²) >= 11 is 16.7. The topological polar surface area (TPSA) is 85.2 Å². The molecule has 138 valence electrons. The quantitative estimate of drug-likeness (QED) is 0.575. The van der Waals surface area contributed by atoms with Crippen LogP contribution in [-0.4, -0.2) is 44.6 Å². The number of aliphatic hydroxyl groups excluding tert-OH is 2. The Morgan fingerprint density at radius 1 is 1.36 bits per heavy atom. The smallest absolute Gasteiger partial charge is 0.338 e. The van der Waals surface area contributed by atoms with Gasteiger partial charge in [-0.15, -0.1) is 0 Å². The van der Waals surface area contributed by atoms with Crippen LogP contribution >= 0.6 is 34.8 Å². The number of benzene rings is 1. The first-order chi connectivity index (χ1) is 11.7. The molecule has 1 aromatic carbocycles. The molecule has 6 nitrogen and oxygen atoms in total. The Balaban J connectivity index is 1.74. The van der Waals surface area contributed by atoms with Gasteiger partial charge in [-0.2, -0.15) is 0 Å². The van der Waals surface area contributed by atoms with Gasteiger partial charge in [0.05, 0.1) is 18.3 Å². The molecule has 0 bridgehead atoms. The van der Waals surface area contributed by atoms with E-state index in [1.807, 2.05) is 0 Å². The molecule has 1 aromatic rings. The molecule has 0 saturated heterocycles.